The molecule has 3 aromatic rings. The molecular weight excluding hydrogens is 424 g/mol. The molecule has 0 heterocycles. The van der Waals surface area contributed by atoms with Gasteiger partial charge in [-0.3, -0.25) is 9.59 Å². The number of carbonyl (C=O) groups excluding carboxylic acids is 2. The van der Waals surface area contributed by atoms with E-state index in [0.29, 0.717) is 27.7 Å². The van der Waals surface area contributed by atoms with Crippen molar-refractivity contribution < 1.29 is 14.3 Å². The molecule has 0 saturated heterocycles. The molecule has 2 N–H and O–H groups in total. The summed E-state index contributed by atoms with van der Waals surface area (Å²) in [6, 6.07) is 21.4. The van der Waals surface area contributed by atoms with Gasteiger partial charge in [-0.25, -0.2) is 0 Å². The fourth-order valence-electron chi connectivity index (χ4n) is 3.04. The highest BCUT2D eigenvalue weighted by atomic mass is 35.5. The summed E-state index contributed by atoms with van der Waals surface area (Å²) in [7, 11) is 0. The molecule has 32 heavy (non-hydrogen) atoms. The Kier molecular flexibility index (Phi) is 7.21. The monoisotopic (exact) mass is 450 g/mol. The van der Waals surface area contributed by atoms with Crippen LogP contribution in [0.5, 0.6) is 5.75 Å². The van der Waals surface area contributed by atoms with E-state index in [1.807, 2.05) is 24.3 Å². The zero-order valence-electron chi connectivity index (χ0n) is 18.6. The minimum Gasteiger partial charge on any atom is -0.481 e. The van der Waals surface area contributed by atoms with Gasteiger partial charge in [0.1, 0.15) is 5.75 Å². The molecule has 1 atom stereocenters. The van der Waals surface area contributed by atoms with E-state index in [2.05, 4.69) is 31.4 Å². The van der Waals surface area contributed by atoms with Crippen LogP contribution in [0.3, 0.4) is 0 Å². The second-order valence-corrected chi connectivity index (χ2v) is 9.01. The largest absolute Gasteiger partial charge is 0.481 e. The predicted molar refractivity (Wildman–Crippen MR) is 130 cm³/mol. The highest BCUT2D eigenvalue weighted by Crippen LogP contribution is 2.23. The first-order valence-corrected chi connectivity index (χ1v) is 10.7. The maximum Gasteiger partial charge on any atom is 0.265 e. The van der Waals surface area contributed by atoms with Gasteiger partial charge in [0.25, 0.3) is 11.8 Å². The molecule has 0 unspecified atom stereocenters. The van der Waals surface area contributed by atoms with Crippen molar-refractivity contribution in [3.8, 4) is 5.75 Å². The first-order chi connectivity index (χ1) is 15.1. The first-order valence-electron chi connectivity index (χ1n) is 10.4. The number of benzene rings is 3. The third kappa shape index (κ3) is 6.34. The van der Waals surface area contributed by atoms with Crippen LogP contribution in [0.25, 0.3) is 0 Å². The second kappa shape index (κ2) is 9.88. The van der Waals surface area contributed by atoms with Crippen LogP contribution < -0.4 is 15.4 Å². The van der Waals surface area contributed by atoms with Gasteiger partial charge in [0.2, 0.25) is 0 Å². The van der Waals surface area contributed by atoms with Gasteiger partial charge in [0.15, 0.2) is 6.10 Å². The van der Waals surface area contributed by atoms with Crippen molar-refractivity contribution in [2.45, 2.75) is 39.2 Å². The lowest BCUT2D eigenvalue weighted by molar-refractivity contribution is -0.122. The Morgan fingerprint density at radius 3 is 2.12 bits per heavy atom. The van der Waals surface area contributed by atoms with E-state index in [0.717, 1.165) is 5.56 Å². The summed E-state index contributed by atoms with van der Waals surface area (Å²) in [6.45, 7) is 8.04. The highest BCUT2D eigenvalue weighted by Gasteiger charge is 2.16. The van der Waals surface area contributed by atoms with Crippen LogP contribution in [0.4, 0.5) is 11.4 Å². The predicted octanol–water partition coefficient (Wildman–Crippen LogP) is 6.30. The summed E-state index contributed by atoms with van der Waals surface area (Å²) in [5, 5.41) is 6.21. The van der Waals surface area contributed by atoms with Crippen LogP contribution in [-0.2, 0) is 10.2 Å². The summed E-state index contributed by atoms with van der Waals surface area (Å²) in [4.78, 5) is 25.1. The van der Waals surface area contributed by atoms with Gasteiger partial charge >= 0.3 is 0 Å². The maximum absolute atomic E-state index is 12.6. The van der Waals surface area contributed by atoms with E-state index in [9.17, 15) is 9.59 Å². The smallest absolute Gasteiger partial charge is 0.265 e. The normalized spacial score (nSPS) is 12.0. The molecule has 0 saturated carbocycles. The zero-order valence-corrected chi connectivity index (χ0v) is 19.4. The number of halogens is 1. The SMILES string of the molecule is C[C@@H](Oc1cccc(Cl)c1)C(=O)Nc1cccc(NC(=O)c2ccc(C(C)(C)C)cc2)c1. The van der Waals surface area contributed by atoms with Gasteiger partial charge in [-0.1, -0.05) is 56.6 Å². The Labute approximate surface area is 193 Å². The molecule has 0 spiro atoms. The Bertz CT molecular complexity index is 1100. The van der Waals surface area contributed by atoms with E-state index >= 15 is 0 Å². The molecule has 2 amide bonds. The summed E-state index contributed by atoms with van der Waals surface area (Å²) in [5.41, 5.74) is 2.88. The summed E-state index contributed by atoms with van der Waals surface area (Å²) in [5.74, 6) is -0.0172. The molecule has 0 bridgehead atoms. The third-order valence-electron chi connectivity index (χ3n) is 4.88. The van der Waals surface area contributed by atoms with Gasteiger partial charge in [-0.2, -0.15) is 0 Å². The van der Waals surface area contributed by atoms with Crippen molar-refractivity contribution in [3.05, 3.63) is 88.9 Å². The van der Waals surface area contributed by atoms with Crippen LogP contribution >= 0.6 is 11.6 Å². The number of anilines is 2. The molecule has 0 radical (unpaired) electrons. The van der Waals surface area contributed by atoms with E-state index in [4.69, 9.17) is 16.3 Å². The van der Waals surface area contributed by atoms with Gasteiger partial charge in [0, 0.05) is 22.0 Å². The average Bonchev–Trinajstić information content (AvgIpc) is 2.73. The molecule has 3 rings (SSSR count). The number of rotatable bonds is 6. The molecule has 0 aromatic heterocycles. The van der Waals surface area contributed by atoms with Gasteiger partial charge in [-0.05, 0) is 66.4 Å². The molecule has 0 aliphatic rings. The average molecular weight is 451 g/mol. The minimum absolute atomic E-state index is 0.0230. The molecule has 5 nitrogen and oxygen atoms in total. The Morgan fingerprint density at radius 2 is 1.50 bits per heavy atom. The van der Waals surface area contributed by atoms with Crippen LogP contribution in [0.15, 0.2) is 72.8 Å². The Hall–Kier alpha value is -3.31. The zero-order chi connectivity index (χ0) is 23.3. The summed E-state index contributed by atoms with van der Waals surface area (Å²) >= 11 is 5.95. The van der Waals surface area contributed by atoms with Crippen molar-refractivity contribution in [2.24, 2.45) is 0 Å². The highest BCUT2D eigenvalue weighted by molar-refractivity contribution is 6.30. The second-order valence-electron chi connectivity index (χ2n) is 8.57. The standard InChI is InChI=1S/C26H27ClN2O3/c1-17(32-23-10-5-7-20(27)15-23)24(30)28-21-8-6-9-22(16-21)29-25(31)18-11-13-19(14-12-18)26(2,3)4/h5-17H,1-4H3,(H,28,30)(H,29,31)/t17-/m1/s1. The van der Waals surface area contributed by atoms with Crippen molar-refractivity contribution in [1.29, 1.82) is 0 Å². The summed E-state index contributed by atoms with van der Waals surface area (Å²) < 4.78 is 5.65. The molecule has 0 fully saturated rings. The number of carbonyl (C=O) groups is 2. The minimum atomic E-state index is -0.729. The van der Waals surface area contributed by atoms with Crippen LogP contribution in [0.2, 0.25) is 5.02 Å². The molecule has 6 heteroatoms. The summed E-state index contributed by atoms with van der Waals surface area (Å²) in [6.07, 6.45) is -0.729. The van der Waals surface area contributed by atoms with E-state index in [-0.39, 0.29) is 17.2 Å². The molecule has 0 aliphatic heterocycles. The Balaban J connectivity index is 1.62. The number of hydrogen-bond acceptors (Lipinski definition) is 3. The molecular formula is C26H27ClN2O3. The number of nitrogens with one attached hydrogen (secondary N) is 2. The van der Waals surface area contributed by atoms with Crippen LogP contribution in [0.1, 0.15) is 43.6 Å². The van der Waals surface area contributed by atoms with E-state index in [1.54, 1.807) is 55.5 Å². The lowest BCUT2D eigenvalue weighted by Gasteiger charge is -2.19. The van der Waals surface area contributed by atoms with Crippen LogP contribution in [-0.4, -0.2) is 17.9 Å². The Morgan fingerprint density at radius 1 is 0.875 bits per heavy atom. The van der Waals surface area contributed by atoms with Crippen molar-refractivity contribution in [1.82, 2.24) is 0 Å². The van der Waals surface area contributed by atoms with Gasteiger partial charge < -0.3 is 15.4 Å². The van der Waals surface area contributed by atoms with Crippen molar-refractivity contribution in [2.75, 3.05) is 10.6 Å². The lowest BCUT2D eigenvalue weighted by Crippen LogP contribution is -2.30. The van der Waals surface area contributed by atoms with Gasteiger partial charge in [-0.15, -0.1) is 0 Å². The maximum atomic E-state index is 12.6. The molecule has 3 aromatic carbocycles. The van der Waals surface area contributed by atoms with Gasteiger partial charge in [0.05, 0.1) is 0 Å². The number of hydrogen-bond donors (Lipinski definition) is 2. The fourth-order valence-corrected chi connectivity index (χ4v) is 3.22. The topological polar surface area (TPSA) is 67.4 Å². The van der Waals surface area contributed by atoms with E-state index in [1.165, 1.54) is 0 Å². The van der Waals surface area contributed by atoms with Crippen molar-refractivity contribution >= 4 is 34.8 Å². The molecule has 166 valence electrons. The lowest BCUT2D eigenvalue weighted by atomic mass is 9.87. The number of ether oxygens (including phenoxy) is 1. The fraction of sp³-hybridized carbons (Fsp3) is 0.231. The number of amides is 2. The molecule has 0 aliphatic carbocycles. The van der Waals surface area contributed by atoms with Crippen LogP contribution in [0, 0.1) is 0 Å². The quantitative estimate of drug-likeness (QED) is 0.463. The van der Waals surface area contributed by atoms with E-state index < -0.39 is 6.10 Å². The first kappa shape index (κ1) is 23.4. The third-order valence-corrected chi connectivity index (χ3v) is 5.11. The van der Waals surface area contributed by atoms with Crippen molar-refractivity contribution in [3.63, 3.8) is 0 Å².